The highest BCUT2D eigenvalue weighted by Crippen LogP contribution is 2.17. The summed E-state index contributed by atoms with van der Waals surface area (Å²) in [6, 6.07) is 8.33. The van der Waals surface area contributed by atoms with Gasteiger partial charge in [0.15, 0.2) is 5.82 Å². The number of para-hydroxylation sites is 1. The van der Waals surface area contributed by atoms with E-state index in [9.17, 15) is 0 Å². The smallest absolute Gasteiger partial charge is 0.193 e. The second kappa shape index (κ2) is 5.43. The molecular weight excluding hydrogens is 214 g/mol. The SMILES string of the molecule is CCCc1ccccc1NCc1nnn(C)n1. The second-order valence-corrected chi connectivity index (χ2v) is 3.96. The zero-order chi connectivity index (χ0) is 12.1. The molecule has 0 unspecified atom stereocenters. The molecule has 5 nitrogen and oxygen atoms in total. The van der Waals surface area contributed by atoms with Crippen LogP contribution in [0.5, 0.6) is 0 Å². The van der Waals surface area contributed by atoms with Gasteiger partial charge in [-0.15, -0.1) is 10.2 Å². The molecule has 0 aliphatic heterocycles. The molecule has 1 heterocycles. The van der Waals surface area contributed by atoms with Crippen LogP contribution in [0.25, 0.3) is 0 Å². The molecule has 0 fully saturated rings. The van der Waals surface area contributed by atoms with Gasteiger partial charge in [-0.05, 0) is 23.3 Å². The van der Waals surface area contributed by atoms with Gasteiger partial charge in [0.2, 0.25) is 0 Å². The Morgan fingerprint density at radius 3 is 2.82 bits per heavy atom. The van der Waals surface area contributed by atoms with E-state index in [1.807, 2.05) is 6.07 Å². The monoisotopic (exact) mass is 231 g/mol. The van der Waals surface area contributed by atoms with Crippen molar-refractivity contribution in [1.29, 1.82) is 0 Å². The maximum absolute atomic E-state index is 4.13. The number of anilines is 1. The van der Waals surface area contributed by atoms with Gasteiger partial charge in [0, 0.05) is 5.69 Å². The van der Waals surface area contributed by atoms with E-state index in [0.717, 1.165) is 18.5 Å². The Bertz CT molecular complexity index is 477. The van der Waals surface area contributed by atoms with Crippen LogP contribution in [0.15, 0.2) is 24.3 Å². The summed E-state index contributed by atoms with van der Waals surface area (Å²) < 4.78 is 0. The summed E-state index contributed by atoms with van der Waals surface area (Å²) in [6.45, 7) is 2.79. The lowest BCUT2D eigenvalue weighted by atomic mass is 10.1. The van der Waals surface area contributed by atoms with Crippen molar-refractivity contribution in [3.05, 3.63) is 35.7 Å². The molecule has 90 valence electrons. The zero-order valence-electron chi connectivity index (χ0n) is 10.2. The predicted octanol–water partition coefficient (Wildman–Crippen LogP) is 1.77. The fraction of sp³-hybridized carbons (Fsp3) is 0.417. The van der Waals surface area contributed by atoms with E-state index in [0.29, 0.717) is 12.4 Å². The Kier molecular flexibility index (Phi) is 3.69. The first-order valence-corrected chi connectivity index (χ1v) is 5.84. The molecule has 17 heavy (non-hydrogen) atoms. The fourth-order valence-corrected chi connectivity index (χ4v) is 1.75. The molecule has 1 aromatic carbocycles. The number of aryl methyl sites for hydroxylation is 2. The number of benzene rings is 1. The normalized spacial score (nSPS) is 10.5. The van der Waals surface area contributed by atoms with Crippen LogP contribution in [0.3, 0.4) is 0 Å². The first-order chi connectivity index (χ1) is 8.29. The molecule has 0 amide bonds. The lowest BCUT2D eigenvalue weighted by Crippen LogP contribution is -2.04. The Labute approximate surface area is 101 Å². The molecule has 0 aliphatic rings. The number of nitrogens with one attached hydrogen (secondary N) is 1. The third-order valence-electron chi connectivity index (χ3n) is 2.52. The van der Waals surface area contributed by atoms with E-state index >= 15 is 0 Å². The van der Waals surface area contributed by atoms with E-state index in [-0.39, 0.29) is 0 Å². The van der Waals surface area contributed by atoms with E-state index in [2.05, 4.69) is 45.9 Å². The van der Waals surface area contributed by atoms with Crippen molar-refractivity contribution in [2.75, 3.05) is 5.32 Å². The topological polar surface area (TPSA) is 55.6 Å². The Hall–Kier alpha value is -1.91. The molecule has 0 bridgehead atoms. The minimum atomic E-state index is 0.606. The highest BCUT2D eigenvalue weighted by molar-refractivity contribution is 5.51. The summed E-state index contributed by atoms with van der Waals surface area (Å²) in [5.74, 6) is 0.707. The minimum absolute atomic E-state index is 0.606. The Morgan fingerprint density at radius 2 is 2.12 bits per heavy atom. The first-order valence-electron chi connectivity index (χ1n) is 5.84. The highest BCUT2D eigenvalue weighted by Gasteiger charge is 2.03. The minimum Gasteiger partial charge on any atom is -0.377 e. The molecule has 2 aromatic rings. The van der Waals surface area contributed by atoms with E-state index < -0.39 is 0 Å². The molecule has 1 N–H and O–H groups in total. The van der Waals surface area contributed by atoms with Crippen LogP contribution in [-0.4, -0.2) is 20.2 Å². The zero-order valence-corrected chi connectivity index (χ0v) is 10.2. The highest BCUT2D eigenvalue weighted by atomic mass is 15.6. The standard InChI is InChI=1S/C12H17N5/c1-3-6-10-7-4-5-8-11(10)13-9-12-14-16-17(2)15-12/h4-5,7-8,13H,3,6,9H2,1-2H3. The molecule has 5 heteroatoms. The summed E-state index contributed by atoms with van der Waals surface area (Å²) in [4.78, 5) is 1.47. The predicted molar refractivity (Wildman–Crippen MR) is 66.6 cm³/mol. The number of hydrogen-bond acceptors (Lipinski definition) is 4. The Morgan fingerprint density at radius 1 is 1.29 bits per heavy atom. The van der Waals surface area contributed by atoms with Gasteiger partial charge in [0.05, 0.1) is 13.6 Å². The quantitative estimate of drug-likeness (QED) is 0.852. The van der Waals surface area contributed by atoms with E-state index in [1.54, 1.807) is 7.05 Å². The molecule has 0 aliphatic carbocycles. The van der Waals surface area contributed by atoms with Gasteiger partial charge in [0.25, 0.3) is 0 Å². The van der Waals surface area contributed by atoms with Crippen LogP contribution in [0.4, 0.5) is 5.69 Å². The molecular formula is C12H17N5. The van der Waals surface area contributed by atoms with Crippen LogP contribution in [0.2, 0.25) is 0 Å². The molecule has 0 atom stereocenters. The van der Waals surface area contributed by atoms with Crippen LogP contribution < -0.4 is 5.32 Å². The summed E-state index contributed by atoms with van der Waals surface area (Å²) in [5.41, 5.74) is 2.49. The second-order valence-electron chi connectivity index (χ2n) is 3.96. The van der Waals surface area contributed by atoms with Crippen molar-refractivity contribution in [2.24, 2.45) is 7.05 Å². The molecule has 0 saturated heterocycles. The molecule has 0 spiro atoms. The Balaban J connectivity index is 2.03. The average Bonchev–Trinajstić information content (AvgIpc) is 2.74. The van der Waals surface area contributed by atoms with Crippen LogP contribution in [0.1, 0.15) is 24.7 Å². The van der Waals surface area contributed by atoms with E-state index in [1.165, 1.54) is 10.4 Å². The van der Waals surface area contributed by atoms with Crippen molar-refractivity contribution < 1.29 is 0 Å². The number of rotatable bonds is 5. The number of aromatic nitrogens is 4. The lowest BCUT2D eigenvalue weighted by Gasteiger charge is -2.09. The van der Waals surface area contributed by atoms with Crippen LogP contribution in [0, 0.1) is 0 Å². The van der Waals surface area contributed by atoms with Gasteiger partial charge >= 0.3 is 0 Å². The van der Waals surface area contributed by atoms with Gasteiger partial charge < -0.3 is 5.32 Å². The molecule has 2 rings (SSSR count). The van der Waals surface area contributed by atoms with Gasteiger partial charge in [-0.25, -0.2) is 0 Å². The van der Waals surface area contributed by atoms with Crippen molar-refractivity contribution >= 4 is 5.69 Å². The van der Waals surface area contributed by atoms with Crippen LogP contribution in [-0.2, 0) is 20.0 Å². The maximum atomic E-state index is 4.13. The third-order valence-corrected chi connectivity index (χ3v) is 2.52. The van der Waals surface area contributed by atoms with Crippen molar-refractivity contribution in [3.63, 3.8) is 0 Å². The summed E-state index contributed by atoms with van der Waals surface area (Å²) in [7, 11) is 1.77. The summed E-state index contributed by atoms with van der Waals surface area (Å²) >= 11 is 0. The van der Waals surface area contributed by atoms with Gasteiger partial charge in [-0.2, -0.15) is 4.80 Å². The van der Waals surface area contributed by atoms with Gasteiger partial charge in [-0.3, -0.25) is 0 Å². The maximum Gasteiger partial charge on any atom is 0.193 e. The van der Waals surface area contributed by atoms with E-state index in [4.69, 9.17) is 0 Å². The number of tetrazole rings is 1. The lowest BCUT2D eigenvalue weighted by molar-refractivity contribution is 0.628. The molecule has 0 radical (unpaired) electrons. The average molecular weight is 231 g/mol. The molecule has 1 aromatic heterocycles. The largest absolute Gasteiger partial charge is 0.377 e. The summed E-state index contributed by atoms with van der Waals surface area (Å²) in [5, 5.41) is 15.2. The summed E-state index contributed by atoms with van der Waals surface area (Å²) in [6.07, 6.45) is 2.22. The third kappa shape index (κ3) is 3.03. The fourth-order valence-electron chi connectivity index (χ4n) is 1.75. The van der Waals surface area contributed by atoms with Crippen molar-refractivity contribution in [2.45, 2.75) is 26.3 Å². The number of nitrogens with zero attached hydrogens (tertiary/aromatic N) is 4. The van der Waals surface area contributed by atoms with Crippen LogP contribution >= 0.6 is 0 Å². The van der Waals surface area contributed by atoms with Gasteiger partial charge in [0.1, 0.15) is 0 Å². The van der Waals surface area contributed by atoms with Gasteiger partial charge in [-0.1, -0.05) is 31.5 Å². The van der Waals surface area contributed by atoms with Crippen molar-refractivity contribution in [1.82, 2.24) is 20.2 Å². The number of hydrogen-bond donors (Lipinski definition) is 1. The van der Waals surface area contributed by atoms with Crippen molar-refractivity contribution in [3.8, 4) is 0 Å². The first kappa shape index (κ1) is 11.6. The molecule has 0 saturated carbocycles.